The minimum atomic E-state index is -0.316. The Hall–Kier alpha value is -1.73. The molecule has 0 bridgehead atoms. The summed E-state index contributed by atoms with van der Waals surface area (Å²) in [5, 5.41) is 16.2. The molecule has 3 rings (SSSR count). The minimum Gasteiger partial charge on any atom is -0.354 e. The average molecular weight is 351 g/mol. The quantitative estimate of drug-likeness (QED) is 0.665. The number of anilines is 1. The number of nitro benzene ring substituents is 1. The number of nitrogens with zero attached hydrogens (tertiary/aromatic N) is 3. The highest BCUT2D eigenvalue weighted by Gasteiger charge is 2.23. The number of rotatable bonds is 2. The fourth-order valence-corrected chi connectivity index (χ4v) is 3.24. The molecule has 1 aliphatic heterocycles. The van der Waals surface area contributed by atoms with E-state index in [1.807, 2.05) is 6.07 Å². The van der Waals surface area contributed by atoms with Crippen LogP contribution in [0.4, 0.5) is 11.5 Å². The molecule has 0 atom stereocenters. The third-order valence-electron chi connectivity index (χ3n) is 3.76. The van der Waals surface area contributed by atoms with E-state index in [0.29, 0.717) is 15.4 Å². The van der Waals surface area contributed by atoms with Gasteiger partial charge in [-0.3, -0.25) is 10.1 Å². The molecule has 6 nitrogen and oxygen atoms in total. The highest BCUT2D eigenvalue weighted by Crippen LogP contribution is 2.38. The van der Waals surface area contributed by atoms with Crippen LogP contribution < -0.4 is 10.2 Å². The molecule has 0 spiro atoms. The van der Waals surface area contributed by atoms with Crippen molar-refractivity contribution in [3.05, 3.63) is 38.5 Å². The van der Waals surface area contributed by atoms with Gasteiger partial charge in [-0.25, -0.2) is 4.98 Å². The summed E-state index contributed by atoms with van der Waals surface area (Å²) < 4.78 is 0.659. The second-order valence-corrected chi connectivity index (χ2v) is 5.93. The molecule has 1 N–H and O–H groups in total. The molecule has 2 aromatic rings. The lowest BCUT2D eigenvalue weighted by Crippen LogP contribution is -2.44. The molecule has 0 saturated carbocycles. The van der Waals surface area contributed by atoms with Crippen molar-refractivity contribution in [2.24, 2.45) is 0 Å². The van der Waals surface area contributed by atoms with Gasteiger partial charge in [0.05, 0.1) is 14.8 Å². The Morgan fingerprint density at radius 3 is 2.76 bits per heavy atom. The van der Waals surface area contributed by atoms with Gasteiger partial charge in [0, 0.05) is 43.3 Å². The topological polar surface area (TPSA) is 71.3 Å². The van der Waals surface area contributed by atoms with E-state index in [1.54, 1.807) is 19.2 Å². The smallest absolute Gasteiger partial charge is 0.281 e. The molecule has 1 fully saturated rings. The van der Waals surface area contributed by atoms with Crippen molar-refractivity contribution in [3.63, 3.8) is 0 Å². The monoisotopic (exact) mass is 350 g/mol. The number of benzene rings is 1. The van der Waals surface area contributed by atoms with E-state index in [-0.39, 0.29) is 10.6 Å². The number of fused-ring (bicyclic) bond motifs is 1. The third-order valence-corrected chi connectivity index (χ3v) is 4.36. The summed E-state index contributed by atoms with van der Waals surface area (Å²) in [6, 6.07) is 3.72. The minimum absolute atomic E-state index is 0.151. The van der Waals surface area contributed by atoms with E-state index in [4.69, 9.17) is 0 Å². The van der Waals surface area contributed by atoms with E-state index in [0.717, 1.165) is 37.4 Å². The largest absolute Gasteiger partial charge is 0.354 e. The summed E-state index contributed by atoms with van der Waals surface area (Å²) in [7, 11) is 0. The number of piperazine rings is 1. The van der Waals surface area contributed by atoms with Crippen molar-refractivity contribution in [1.29, 1.82) is 0 Å². The number of hydrogen-bond acceptors (Lipinski definition) is 5. The lowest BCUT2D eigenvalue weighted by Gasteiger charge is -2.29. The van der Waals surface area contributed by atoms with Crippen molar-refractivity contribution in [1.82, 2.24) is 10.3 Å². The lowest BCUT2D eigenvalue weighted by atomic mass is 10.1. The molecule has 1 saturated heterocycles. The maximum atomic E-state index is 11.4. The number of hydrogen-bond donors (Lipinski definition) is 1. The molecule has 7 heteroatoms. The van der Waals surface area contributed by atoms with Crippen molar-refractivity contribution < 1.29 is 4.92 Å². The molecule has 1 aromatic carbocycles. The normalized spacial score (nSPS) is 15.4. The fraction of sp³-hybridized carbons (Fsp3) is 0.357. The SMILES string of the molecule is Cc1ccc2c(N3CCNCC3)ncc(Br)c2c1[N+](=O)[O-]. The Bertz CT molecular complexity index is 714. The molecular formula is C14H15BrN4O2. The Morgan fingerprint density at radius 2 is 2.10 bits per heavy atom. The number of aryl methyl sites for hydroxylation is 1. The van der Waals surface area contributed by atoms with Crippen molar-refractivity contribution in [3.8, 4) is 0 Å². The van der Waals surface area contributed by atoms with E-state index >= 15 is 0 Å². The summed E-state index contributed by atoms with van der Waals surface area (Å²) in [6.45, 7) is 5.26. The molecular weight excluding hydrogens is 336 g/mol. The summed E-state index contributed by atoms with van der Waals surface area (Å²) >= 11 is 3.41. The van der Waals surface area contributed by atoms with Crippen LogP contribution in [0.1, 0.15) is 5.56 Å². The van der Waals surface area contributed by atoms with Crippen LogP contribution in [0.2, 0.25) is 0 Å². The first-order chi connectivity index (χ1) is 10.1. The number of aromatic nitrogens is 1. The number of nitro groups is 1. The molecule has 1 aromatic heterocycles. The molecule has 21 heavy (non-hydrogen) atoms. The number of halogens is 1. The zero-order chi connectivity index (χ0) is 15.0. The molecule has 0 aliphatic carbocycles. The van der Waals surface area contributed by atoms with Gasteiger partial charge in [-0.2, -0.15) is 0 Å². The molecule has 0 unspecified atom stereocenters. The van der Waals surface area contributed by atoms with Gasteiger partial charge in [0.1, 0.15) is 5.82 Å². The van der Waals surface area contributed by atoms with Gasteiger partial charge in [-0.05, 0) is 28.9 Å². The molecule has 110 valence electrons. The van der Waals surface area contributed by atoms with Crippen LogP contribution in [0.15, 0.2) is 22.8 Å². The molecule has 2 heterocycles. The number of nitrogens with one attached hydrogen (secondary N) is 1. The van der Waals surface area contributed by atoms with Crippen LogP contribution in [0.3, 0.4) is 0 Å². The second-order valence-electron chi connectivity index (χ2n) is 5.08. The van der Waals surface area contributed by atoms with Crippen LogP contribution in [0, 0.1) is 17.0 Å². The predicted molar refractivity (Wildman–Crippen MR) is 85.9 cm³/mol. The van der Waals surface area contributed by atoms with Crippen LogP contribution in [0.5, 0.6) is 0 Å². The summed E-state index contributed by atoms with van der Waals surface area (Å²) in [5.41, 5.74) is 0.809. The highest BCUT2D eigenvalue weighted by molar-refractivity contribution is 9.10. The van der Waals surface area contributed by atoms with Crippen molar-refractivity contribution in [2.75, 3.05) is 31.1 Å². The van der Waals surface area contributed by atoms with Gasteiger partial charge in [0.2, 0.25) is 0 Å². The van der Waals surface area contributed by atoms with Crippen LogP contribution in [-0.4, -0.2) is 36.1 Å². The Morgan fingerprint density at radius 1 is 1.38 bits per heavy atom. The molecule has 1 aliphatic rings. The molecule has 0 amide bonds. The first-order valence-corrected chi connectivity index (χ1v) is 7.57. The third kappa shape index (κ3) is 2.47. The standard InChI is InChI=1S/C14H15BrN4O2/c1-9-2-3-10-12(13(9)19(20)21)11(15)8-17-14(10)18-6-4-16-5-7-18/h2-3,8,16H,4-7H2,1H3. The van der Waals surface area contributed by atoms with Crippen LogP contribution in [-0.2, 0) is 0 Å². The second kappa shape index (κ2) is 5.57. The average Bonchev–Trinajstić information content (AvgIpc) is 2.48. The number of pyridine rings is 1. The first kappa shape index (κ1) is 14.2. The summed E-state index contributed by atoms with van der Waals surface area (Å²) in [6.07, 6.45) is 1.66. The van der Waals surface area contributed by atoms with E-state index in [1.165, 1.54) is 0 Å². The summed E-state index contributed by atoms with van der Waals surface area (Å²) in [5.74, 6) is 0.817. The first-order valence-electron chi connectivity index (χ1n) is 6.77. The highest BCUT2D eigenvalue weighted by atomic mass is 79.9. The molecule has 0 radical (unpaired) electrons. The van der Waals surface area contributed by atoms with E-state index in [2.05, 4.69) is 31.1 Å². The summed E-state index contributed by atoms with van der Waals surface area (Å²) in [4.78, 5) is 17.8. The van der Waals surface area contributed by atoms with Gasteiger partial charge in [0.25, 0.3) is 5.69 Å². The van der Waals surface area contributed by atoms with Crippen LogP contribution >= 0.6 is 15.9 Å². The van der Waals surface area contributed by atoms with Gasteiger partial charge in [-0.15, -0.1) is 0 Å². The maximum absolute atomic E-state index is 11.4. The van der Waals surface area contributed by atoms with Gasteiger partial charge in [-0.1, -0.05) is 6.07 Å². The van der Waals surface area contributed by atoms with Crippen molar-refractivity contribution >= 4 is 38.2 Å². The van der Waals surface area contributed by atoms with Gasteiger partial charge in [0.15, 0.2) is 0 Å². The Kier molecular flexibility index (Phi) is 3.77. The fourth-order valence-electron chi connectivity index (χ4n) is 2.74. The van der Waals surface area contributed by atoms with Crippen molar-refractivity contribution in [2.45, 2.75) is 6.92 Å². The predicted octanol–water partition coefficient (Wildman–Crippen LogP) is 2.62. The zero-order valence-corrected chi connectivity index (χ0v) is 13.2. The Labute approximate surface area is 130 Å². The maximum Gasteiger partial charge on any atom is 0.281 e. The van der Waals surface area contributed by atoms with E-state index < -0.39 is 0 Å². The van der Waals surface area contributed by atoms with Crippen LogP contribution in [0.25, 0.3) is 10.8 Å². The zero-order valence-electron chi connectivity index (χ0n) is 11.6. The van der Waals surface area contributed by atoms with Gasteiger partial charge < -0.3 is 10.2 Å². The van der Waals surface area contributed by atoms with E-state index in [9.17, 15) is 10.1 Å². The lowest BCUT2D eigenvalue weighted by molar-refractivity contribution is -0.383. The van der Waals surface area contributed by atoms with Gasteiger partial charge >= 0.3 is 0 Å². The Balaban J connectivity index is 2.26.